The number of sulfonamides is 1. The van der Waals surface area contributed by atoms with Crippen molar-refractivity contribution in [3.63, 3.8) is 0 Å². The predicted molar refractivity (Wildman–Crippen MR) is 130 cm³/mol. The van der Waals surface area contributed by atoms with Gasteiger partial charge in [0, 0.05) is 24.7 Å². The highest BCUT2D eigenvalue weighted by Crippen LogP contribution is 2.31. The Hall–Kier alpha value is -2.96. The number of pyridine rings is 1. The maximum atomic E-state index is 13.6. The molecule has 0 spiro atoms. The quantitative estimate of drug-likeness (QED) is 0.529. The smallest absolute Gasteiger partial charge is 0.407 e. The van der Waals surface area contributed by atoms with Crippen LogP contribution in [0.1, 0.15) is 39.3 Å². The van der Waals surface area contributed by atoms with Gasteiger partial charge in [0.05, 0.1) is 22.0 Å². The van der Waals surface area contributed by atoms with Crippen molar-refractivity contribution in [2.45, 2.75) is 55.5 Å². The van der Waals surface area contributed by atoms with Gasteiger partial charge in [0.2, 0.25) is 10.0 Å². The highest BCUT2D eigenvalue weighted by Gasteiger charge is 2.32. The Morgan fingerprint density at radius 1 is 1.03 bits per heavy atom. The number of nitrogens with zero attached hydrogens (tertiary/aromatic N) is 3. The van der Waals surface area contributed by atoms with E-state index in [1.54, 1.807) is 39.0 Å². The second kappa shape index (κ2) is 9.25. The summed E-state index contributed by atoms with van der Waals surface area (Å²) in [6.07, 6.45) is 2.08. The van der Waals surface area contributed by atoms with Crippen LogP contribution in [0.15, 0.2) is 58.5 Å². The molecule has 1 aliphatic rings. The van der Waals surface area contributed by atoms with Gasteiger partial charge in [-0.05, 0) is 57.9 Å². The highest BCUT2D eigenvalue weighted by molar-refractivity contribution is 7.90. The molecule has 0 bridgehead atoms. The van der Waals surface area contributed by atoms with Gasteiger partial charge in [-0.25, -0.2) is 30.6 Å². The van der Waals surface area contributed by atoms with Gasteiger partial charge in [0.15, 0.2) is 5.65 Å². The molecule has 3 heterocycles. The first-order valence-corrected chi connectivity index (χ1v) is 14.1. The van der Waals surface area contributed by atoms with Crippen molar-refractivity contribution in [2.75, 3.05) is 13.1 Å². The molecule has 1 amide bonds. The molecule has 0 aliphatic carbocycles. The Morgan fingerprint density at radius 2 is 1.69 bits per heavy atom. The van der Waals surface area contributed by atoms with Gasteiger partial charge in [-0.2, -0.15) is 4.31 Å². The summed E-state index contributed by atoms with van der Waals surface area (Å²) in [6, 6.07) is 10.6. The van der Waals surface area contributed by atoms with Crippen molar-refractivity contribution in [3.05, 3.63) is 54.4 Å². The van der Waals surface area contributed by atoms with Crippen molar-refractivity contribution in [1.82, 2.24) is 18.6 Å². The van der Waals surface area contributed by atoms with Crippen molar-refractivity contribution < 1.29 is 26.4 Å². The van der Waals surface area contributed by atoms with E-state index in [9.17, 15) is 21.6 Å². The number of carbonyl (C=O) groups is 1. The van der Waals surface area contributed by atoms with E-state index in [2.05, 4.69) is 10.3 Å². The second-order valence-electron chi connectivity index (χ2n) is 9.23. The molecular weight excluding hydrogens is 492 g/mol. The minimum Gasteiger partial charge on any atom is -0.444 e. The van der Waals surface area contributed by atoms with E-state index >= 15 is 0 Å². The number of fused-ring (bicyclic) bond motifs is 1. The number of benzene rings is 1. The van der Waals surface area contributed by atoms with Crippen LogP contribution in [-0.4, -0.2) is 54.9 Å². The number of nitrogens with one attached hydrogen (secondary N) is 1. The third-order valence-electron chi connectivity index (χ3n) is 5.47. The molecule has 4 rings (SSSR count). The van der Waals surface area contributed by atoms with Crippen molar-refractivity contribution in [2.24, 2.45) is 0 Å². The Kier molecular flexibility index (Phi) is 6.64. The molecule has 10 nitrogen and oxygen atoms in total. The van der Waals surface area contributed by atoms with E-state index in [1.807, 2.05) is 0 Å². The van der Waals surface area contributed by atoms with Gasteiger partial charge < -0.3 is 10.1 Å². The lowest BCUT2D eigenvalue weighted by atomic mass is 10.2. The number of hydrogen-bond donors (Lipinski definition) is 1. The Bertz CT molecular complexity index is 1450. The molecular formula is C23H28N4O6S2. The lowest BCUT2D eigenvalue weighted by molar-refractivity contribution is 0.0522. The van der Waals surface area contributed by atoms with Gasteiger partial charge in [-0.1, -0.05) is 18.2 Å². The van der Waals surface area contributed by atoms with Crippen LogP contribution < -0.4 is 5.32 Å². The van der Waals surface area contributed by atoms with E-state index in [-0.39, 0.29) is 33.1 Å². The fraction of sp³-hybridized carbons (Fsp3) is 0.391. The summed E-state index contributed by atoms with van der Waals surface area (Å²) in [5.41, 5.74) is -0.632. The minimum absolute atomic E-state index is 0.00520. The molecule has 0 radical (unpaired) electrons. The standard InChI is InChI=1S/C23H28N4O6S2/c1-23(2,3)33-22(28)25-16-17-15-19-20(35(31,32)26-13-7-8-14-26)11-12-24-21(19)27(17)34(29,30)18-9-5-4-6-10-18/h4-6,9-12,15H,7-8,13-14,16H2,1-3H3,(H,25,28). The normalized spacial score (nSPS) is 15.4. The number of ether oxygens (including phenoxy) is 1. The van der Waals surface area contributed by atoms with Crippen molar-refractivity contribution >= 4 is 37.2 Å². The van der Waals surface area contributed by atoms with Gasteiger partial charge in [0.25, 0.3) is 10.0 Å². The minimum atomic E-state index is -4.16. The average Bonchev–Trinajstić information content (AvgIpc) is 3.45. The molecule has 1 N–H and O–H groups in total. The van der Waals surface area contributed by atoms with Gasteiger partial charge >= 0.3 is 6.09 Å². The third-order valence-corrected chi connectivity index (χ3v) is 9.18. The number of alkyl carbamates (subject to hydrolysis) is 1. The predicted octanol–water partition coefficient (Wildman–Crippen LogP) is 3.08. The average molecular weight is 521 g/mol. The summed E-state index contributed by atoms with van der Waals surface area (Å²) in [5, 5.41) is 2.73. The summed E-state index contributed by atoms with van der Waals surface area (Å²) in [5.74, 6) is 0. The van der Waals surface area contributed by atoms with Crippen LogP contribution in [0.3, 0.4) is 0 Å². The number of rotatable bonds is 6. The summed E-state index contributed by atoms with van der Waals surface area (Å²) >= 11 is 0. The van der Waals surface area contributed by atoms with Crippen LogP contribution in [0.2, 0.25) is 0 Å². The molecule has 0 unspecified atom stereocenters. The van der Waals surface area contributed by atoms with E-state index in [0.29, 0.717) is 13.1 Å². The Balaban J connectivity index is 1.87. The molecule has 1 aromatic carbocycles. The first-order chi connectivity index (χ1) is 16.4. The maximum absolute atomic E-state index is 13.6. The third kappa shape index (κ3) is 5.04. The van der Waals surface area contributed by atoms with Gasteiger partial charge in [-0.15, -0.1) is 0 Å². The molecule has 12 heteroatoms. The van der Waals surface area contributed by atoms with Crippen LogP contribution >= 0.6 is 0 Å². The summed E-state index contributed by atoms with van der Waals surface area (Å²) in [6.45, 7) is 5.72. The van der Waals surface area contributed by atoms with Crippen molar-refractivity contribution in [1.29, 1.82) is 0 Å². The van der Waals surface area contributed by atoms with E-state index < -0.39 is 31.7 Å². The summed E-state index contributed by atoms with van der Waals surface area (Å²) in [7, 11) is -8.02. The largest absolute Gasteiger partial charge is 0.444 e. The van der Waals surface area contributed by atoms with Crippen LogP contribution in [0.4, 0.5) is 4.79 Å². The van der Waals surface area contributed by atoms with Crippen LogP contribution in [0, 0.1) is 0 Å². The zero-order valence-corrected chi connectivity index (χ0v) is 21.4. The number of aromatic nitrogens is 2. The fourth-order valence-electron chi connectivity index (χ4n) is 3.96. The fourth-order valence-corrected chi connectivity index (χ4v) is 7.15. The van der Waals surface area contributed by atoms with E-state index in [1.165, 1.54) is 34.8 Å². The Morgan fingerprint density at radius 3 is 2.31 bits per heavy atom. The molecule has 35 heavy (non-hydrogen) atoms. The Labute approximate surface area is 205 Å². The zero-order chi connectivity index (χ0) is 25.4. The molecule has 1 aliphatic heterocycles. The summed E-state index contributed by atoms with van der Waals surface area (Å²) in [4.78, 5) is 16.5. The molecule has 188 valence electrons. The van der Waals surface area contributed by atoms with E-state index in [0.717, 1.165) is 16.8 Å². The molecule has 0 saturated carbocycles. The molecule has 1 fully saturated rings. The first kappa shape index (κ1) is 25.1. The number of carbonyl (C=O) groups excluding carboxylic acids is 1. The molecule has 1 saturated heterocycles. The van der Waals surface area contributed by atoms with Gasteiger partial charge in [-0.3, -0.25) is 0 Å². The lowest BCUT2D eigenvalue weighted by Crippen LogP contribution is -2.33. The van der Waals surface area contributed by atoms with Crippen LogP contribution in [-0.2, 0) is 31.3 Å². The summed E-state index contributed by atoms with van der Waals surface area (Å²) < 4.78 is 61.6. The monoisotopic (exact) mass is 520 g/mol. The highest BCUT2D eigenvalue weighted by atomic mass is 32.2. The molecule has 3 aromatic rings. The second-order valence-corrected chi connectivity index (χ2v) is 12.9. The lowest BCUT2D eigenvalue weighted by Gasteiger charge is -2.20. The number of hydrogen-bond acceptors (Lipinski definition) is 7. The van der Waals surface area contributed by atoms with Gasteiger partial charge in [0.1, 0.15) is 5.60 Å². The maximum Gasteiger partial charge on any atom is 0.407 e. The SMILES string of the molecule is CC(C)(C)OC(=O)NCc1cc2c(S(=O)(=O)N3CCCC3)ccnc2n1S(=O)(=O)c1ccccc1. The van der Waals surface area contributed by atoms with Crippen LogP contribution in [0.5, 0.6) is 0 Å². The van der Waals surface area contributed by atoms with E-state index in [4.69, 9.17) is 4.74 Å². The first-order valence-electron chi connectivity index (χ1n) is 11.2. The number of amides is 1. The van der Waals surface area contributed by atoms with Crippen LogP contribution in [0.25, 0.3) is 11.0 Å². The van der Waals surface area contributed by atoms with Crippen molar-refractivity contribution in [3.8, 4) is 0 Å². The topological polar surface area (TPSA) is 128 Å². The zero-order valence-electron chi connectivity index (χ0n) is 19.8. The molecule has 2 aromatic heterocycles. The molecule has 0 atom stereocenters.